The maximum atomic E-state index is 13.1. The molecule has 7 nitrogen and oxygen atoms in total. The smallest absolute Gasteiger partial charge is 0.269 e. The number of aryl methyl sites for hydroxylation is 1. The average Bonchev–Trinajstić information content (AvgIpc) is 2.87. The molecule has 0 aliphatic heterocycles. The highest BCUT2D eigenvalue weighted by molar-refractivity contribution is 9.10. The maximum absolute atomic E-state index is 13.1. The molecule has 1 atom stereocenters. The van der Waals surface area contributed by atoms with Crippen LogP contribution < -0.4 is 4.31 Å². The second-order valence-electron chi connectivity index (χ2n) is 5.08. The molecule has 0 aliphatic rings. The van der Waals surface area contributed by atoms with Crippen LogP contribution in [0.2, 0.25) is 0 Å². The molecule has 0 fully saturated rings. The van der Waals surface area contributed by atoms with Gasteiger partial charge in [0, 0.05) is 17.1 Å². The highest BCUT2D eigenvalue weighted by atomic mass is 79.9. The van der Waals surface area contributed by atoms with Crippen LogP contribution in [-0.2, 0) is 19.5 Å². The molecule has 0 saturated heterocycles. The number of rotatable bonds is 7. The van der Waals surface area contributed by atoms with E-state index in [1.807, 2.05) is 0 Å². The first-order valence-electron chi connectivity index (χ1n) is 7.13. The number of halogens is 1. The lowest BCUT2D eigenvalue weighted by atomic mass is 10.3. The normalized spacial score (nSPS) is 13.0. The SMILES string of the molecule is COC(C)OCN(c1onc(C)c1C)S(=O)(=O)c1ccccc1Br. The summed E-state index contributed by atoms with van der Waals surface area (Å²) < 4.78 is 43.4. The fraction of sp³-hybridized carbons (Fsp3) is 0.400. The Kier molecular flexibility index (Phi) is 6.02. The third kappa shape index (κ3) is 3.80. The van der Waals surface area contributed by atoms with E-state index >= 15 is 0 Å². The molecule has 0 N–H and O–H groups in total. The number of benzene rings is 1. The van der Waals surface area contributed by atoms with Crippen molar-refractivity contribution in [3.63, 3.8) is 0 Å². The molecule has 132 valence electrons. The molecule has 2 aromatic rings. The van der Waals surface area contributed by atoms with Gasteiger partial charge in [-0.25, -0.2) is 12.7 Å². The van der Waals surface area contributed by atoms with Gasteiger partial charge in [-0.2, -0.15) is 0 Å². The first kappa shape index (κ1) is 18.9. The van der Waals surface area contributed by atoms with Gasteiger partial charge in [-0.1, -0.05) is 17.3 Å². The van der Waals surface area contributed by atoms with Crippen LogP contribution in [0.4, 0.5) is 5.88 Å². The summed E-state index contributed by atoms with van der Waals surface area (Å²) in [6.07, 6.45) is -0.578. The molecule has 9 heteroatoms. The molecular formula is C15H19BrN2O5S. The topological polar surface area (TPSA) is 81.9 Å². The number of hydrogen-bond donors (Lipinski definition) is 0. The minimum atomic E-state index is -3.93. The number of aromatic nitrogens is 1. The number of hydrogen-bond acceptors (Lipinski definition) is 6. The van der Waals surface area contributed by atoms with Crippen LogP contribution in [0.25, 0.3) is 0 Å². The van der Waals surface area contributed by atoms with Gasteiger partial charge in [0.1, 0.15) is 11.6 Å². The van der Waals surface area contributed by atoms with E-state index in [-0.39, 0.29) is 17.5 Å². The van der Waals surface area contributed by atoms with Gasteiger partial charge < -0.3 is 14.0 Å². The lowest BCUT2D eigenvalue weighted by Crippen LogP contribution is -2.35. The molecule has 0 aliphatic carbocycles. The highest BCUT2D eigenvalue weighted by Gasteiger charge is 2.32. The summed E-state index contributed by atoms with van der Waals surface area (Å²) in [6.45, 7) is 4.88. The Morgan fingerprint density at radius 3 is 2.54 bits per heavy atom. The van der Waals surface area contributed by atoms with Gasteiger partial charge in [-0.3, -0.25) is 0 Å². The van der Waals surface area contributed by atoms with Gasteiger partial charge in [-0.05, 0) is 48.8 Å². The largest absolute Gasteiger partial charge is 0.356 e. The van der Waals surface area contributed by atoms with Gasteiger partial charge >= 0.3 is 0 Å². The van der Waals surface area contributed by atoms with E-state index in [4.69, 9.17) is 14.0 Å². The van der Waals surface area contributed by atoms with Crippen LogP contribution in [-0.4, -0.2) is 33.7 Å². The molecule has 1 heterocycles. The molecule has 1 aromatic carbocycles. The van der Waals surface area contributed by atoms with Crippen molar-refractivity contribution in [2.45, 2.75) is 32.0 Å². The van der Waals surface area contributed by atoms with E-state index < -0.39 is 16.3 Å². The minimum Gasteiger partial charge on any atom is -0.356 e. The molecule has 0 amide bonds. The molecule has 1 unspecified atom stereocenters. The van der Waals surface area contributed by atoms with E-state index in [9.17, 15) is 8.42 Å². The Balaban J connectivity index is 2.49. The maximum Gasteiger partial charge on any atom is 0.269 e. The molecule has 1 aromatic heterocycles. The zero-order chi connectivity index (χ0) is 17.9. The lowest BCUT2D eigenvalue weighted by Gasteiger charge is -2.24. The predicted molar refractivity (Wildman–Crippen MR) is 92.2 cm³/mol. The lowest BCUT2D eigenvalue weighted by molar-refractivity contribution is -0.108. The monoisotopic (exact) mass is 418 g/mol. The summed E-state index contributed by atoms with van der Waals surface area (Å²) >= 11 is 3.27. The number of ether oxygens (including phenoxy) is 2. The van der Waals surface area contributed by atoms with E-state index in [0.717, 1.165) is 4.31 Å². The molecule has 0 radical (unpaired) electrons. The number of anilines is 1. The Hall–Kier alpha value is -1.42. The van der Waals surface area contributed by atoms with Gasteiger partial charge in [0.05, 0.1) is 5.69 Å². The highest BCUT2D eigenvalue weighted by Crippen LogP contribution is 2.31. The fourth-order valence-corrected chi connectivity index (χ4v) is 4.18. The second-order valence-corrected chi connectivity index (χ2v) is 7.77. The second kappa shape index (κ2) is 7.64. The van der Waals surface area contributed by atoms with Crippen molar-refractivity contribution < 1.29 is 22.4 Å². The van der Waals surface area contributed by atoms with Crippen molar-refractivity contribution in [2.75, 3.05) is 18.1 Å². The van der Waals surface area contributed by atoms with Crippen LogP contribution in [0.5, 0.6) is 0 Å². The molecular weight excluding hydrogens is 400 g/mol. The first-order chi connectivity index (χ1) is 11.3. The van der Waals surface area contributed by atoms with Gasteiger partial charge in [0.15, 0.2) is 6.29 Å². The average molecular weight is 419 g/mol. The minimum absolute atomic E-state index is 0.104. The molecule has 0 bridgehead atoms. The zero-order valence-electron chi connectivity index (χ0n) is 13.8. The third-order valence-corrected chi connectivity index (χ3v) is 6.24. The number of sulfonamides is 1. The van der Waals surface area contributed by atoms with E-state index in [1.54, 1.807) is 39.0 Å². The van der Waals surface area contributed by atoms with Crippen LogP contribution in [0.15, 0.2) is 38.2 Å². The van der Waals surface area contributed by atoms with E-state index in [0.29, 0.717) is 15.7 Å². The van der Waals surface area contributed by atoms with Crippen molar-refractivity contribution >= 4 is 31.8 Å². The Morgan fingerprint density at radius 2 is 2.00 bits per heavy atom. The van der Waals surface area contributed by atoms with Crippen molar-refractivity contribution in [3.8, 4) is 0 Å². The summed E-state index contributed by atoms with van der Waals surface area (Å²) in [5, 5.41) is 3.83. The van der Waals surface area contributed by atoms with Gasteiger partial charge in [0.2, 0.25) is 5.88 Å². The first-order valence-corrected chi connectivity index (χ1v) is 9.37. The number of nitrogens with zero attached hydrogens (tertiary/aromatic N) is 2. The van der Waals surface area contributed by atoms with Crippen LogP contribution in [0.3, 0.4) is 0 Å². The van der Waals surface area contributed by atoms with Crippen molar-refractivity contribution in [1.29, 1.82) is 0 Å². The fourth-order valence-electron chi connectivity index (χ4n) is 1.89. The van der Waals surface area contributed by atoms with Crippen molar-refractivity contribution in [2.24, 2.45) is 0 Å². The third-order valence-electron chi connectivity index (χ3n) is 3.52. The molecule has 2 rings (SSSR count). The van der Waals surface area contributed by atoms with Crippen molar-refractivity contribution in [3.05, 3.63) is 40.0 Å². The Morgan fingerprint density at radius 1 is 1.33 bits per heavy atom. The molecule has 0 spiro atoms. The van der Waals surface area contributed by atoms with Crippen molar-refractivity contribution in [1.82, 2.24) is 5.16 Å². The quantitative estimate of drug-likeness (QED) is 0.641. The van der Waals surface area contributed by atoms with Crippen LogP contribution >= 0.6 is 15.9 Å². The summed E-state index contributed by atoms with van der Waals surface area (Å²) in [4.78, 5) is 0.104. The Bertz CT molecular complexity index is 806. The van der Waals surface area contributed by atoms with E-state index in [1.165, 1.54) is 13.2 Å². The summed E-state index contributed by atoms with van der Waals surface area (Å²) in [5.74, 6) is 0.117. The standard InChI is InChI=1S/C15H19BrN2O5S/c1-10-11(2)17-23-15(10)18(9-22-12(3)21-4)24(19,20)14-8-6-5-7-13(14)16/h5-8,12H,9H2,1-4H3. The molecule has 0 saturated carbocycles. The van der Waals surface area contributed by atoms with Gasteiger partial charge in [0.25, 0.3) is 10.0 Å². The summed E-state index contributed by atoms with van der Waals surface area (Å²) in [5.41, 5.74) is 1.23. The zero-order valence-corrected chi connectivity index (χ0v) is 16.2. The summed E-state index contributed by atoms with van der Waals surface area (Å²) in [7, 11) is -2.45. The van der Waals surface area contributed by atoms with E-state index in [2.05, 4.69) is 21.1 Å². The molecule has 24 heavy (non-hydrogen) atoms. The van der Waals surface area contributed by atoms with Crippen LogP contribution in [0.1, 0.15) is 18.2 Å². The van der Waals surface area contributed by atoms with Crippen LogP contribution in [0, 0.1) is 13.8 Å². The summed E-state index contributed by atoms with van der Waals surface area (Å²) in [6, 6.07) is 6.54. The number of methoxy groups -OCH3 is 1. The van der Waals surface area contributed by atoms with Gasteiger partial charge in [-0.15, -0.1) is 0 Å². The Labute approximate surface area is 149 Å². The predicted octanol–water partition coefficient (Wildman–Crippen LogP) is 3.22.